The van der Waals surface area contributed by atoms with Crippen LogP contribution < -0.4 is 9.47 Å². The molecule has 0 spiro atoms. The maximum absolute atomic E-state index is 12.4. The molecular formula is C8H8ClF2NO2. The van der Waals surface area contributed by atoms with Crippen LogP contribution in [0.15, 0.2) is 6.20 Å². The quantitative estimate of drug-likeness (QED) is 0.790. The first-order chi connectivity index (χ1) is 6.61. The van der Waals surface area contributed by atoms with E-state index in [-0.39, 0.29) is 22.2 Å². The first-order valence-corrected chi connectivity index (χ1v) is 4.04. The molecule has 0 aromatic carbocycles. The Labute approximate surface area is 84.6 Å². The van der Waals surface area contributed by atoms with Gasteiger partial charge in [0.25, 0.3) is 12.3 Å². The van der Waals surface area contributed by atoms with Crippen LogP contribution in [-0.2, 0) is 0 Å². The number of nitrogens with zero attached hydrogens (tertiary/aromatic N) is 1. The van der Waals surface area contributed by atoms with E-state index in [1.165, 1.54) is 14.2 Å². The van der Waals surface area contributed by atoms with Gasteiger partial charge in [0.05, 0.1) is 24.8 Å². The SMILES string of the molecule is COc1ncc(C(F)F)c(Cl)c1OC. The van der Waals surface area contributed by atoms with Crippen molar-refractivity contribution in [1.82, 2.24) is 4.98 Å². The summed E-state index contributed by atoms with van der Waals surface area (Å²) in [4.78, 5) is 3.64. The third kappa shape index (κ3) is 1.87. The Morgan fingerprint density at radius 2 is 2.00 bits per heavy atom. The van der Waals surface area contributed by atoms with E-state index in [2.05, 4.69) is 4.98 Å². The van der Waals surface area contributed by atoms with Gasteiger partial charge >= 0.3 is 0 Å². The van der Waals surface area contributed by atoms with Crippen LogP contribution in [0, 0.1) is 0 Å². The monoisotopic (exact) mass is 223 g/mol. The fraction of sp³-hybridized carbons (Fsp3) is 0.375. The van der Waals surface area contributed by atoms with E-state index >= 15 is 0 Å². The van der Waals surface area contributed by atoms with Gasteiger partial charge in [-0.1, -0.05) is 11.6 Å². The third-order valence-electron chi connectivity index (χ3n) is 1.60. The molecule has 78 valence electrons. The van der Waals surface area contributed by atoms with Crippen LogP contribution in [0.2, 0.25) is 5.02 Å². The molecule has 1 aromatic heterocycles. The zero-order valence-electron chi connectivity index (χ0n) is 7.55. The minimum atomic E-state index is -2.69. The number of hydrogen-bond donors (Lipinski definition) is 0. The van der Waals surface area contributed by atoms with Crippen LogP contribution in [0.25, 0.3) is 0 Å². The number of halogens is 3. The molecule has 0 aliphatic heterocycles. The number of pyridine rings is 1. The number of alkyl halides is 2. The molecule has 0 aliphatic rings. The van der Waals surface area contributed by atoms with Crippen LogP contribution in [0.1, 0.15) is 12.0 Å². The second kappa shape index (κ2) is 4.41. The molecule has 0 radical (unpaired) electrons. The summed E-state index contributed by atoms with van der Waals surface area (Å²) >= 11 is 5.66. The Bertz CT molecular complexity index is 333. The van der Waals surface area contributed by atoms with Gasteiger partial charge in [-0.25, -0.2) is 13.8 Å². The van der Waals surface area contributed by atoms with Gasteiger partial charge < -0.3 is 9.47 Å². The van der Waals surface area contributed by atoms with Crippen molar-refractivity contribution < 1.29 is 18.3 Å². The van der Waals surface area contributed by atoms with Crippen LogP contribution in [-0.4, -0.2) is 19.2 Å². The van der Waals surface area contributed by atoms with Gasteiger partial charge in [-0.05, 0) is 0 Å². The zero-order chi connectivity index (χ0) is 10.7. The molecule has 0 bridgehead atoms. The normalized spacial score (nSPS) is 10.4. The summed E-state index contributed by atoms with van der Waals surface area (Å²) in [7, 11) is 2.66. The van der Waals surface area contributed by atoms with Crippen molar-refractivity contribution in [2.45, 2.75) is 6.43 Å². The molecule has 0 unspecified atom stereocenters. The molecular weight excluding hydrogens is 216 g/mol. The first kappa shape index (κ1) is 11.0. The fourth-order valence-electron chi connectivity index (χ4n) is 0.943. The van der Waals surface area contributed by atoms with E-state index in [0.717, 1.165) is 6.20 Å². The lowest BCUT2D eigenvalue weighted by Gasteiger charge is -2.10. The minimum Gasteiger partial charge on any atom is -0.490 e. The second-order valence-corrected chi connectivity index (χ2v) is 2.75. The minimum absolute atomic E-state index is 0.0203. The van der Waals surface area contributed by atoms with E-state index in [4.69, 9.17) is 21.1 Å². The van der Waals surface area contributed by atoms with Crippen LogP contribution in [0.3, 0.4) is 0 Å². The molecule has 0 saturated carbocycles. The van der Waals surface area contributed by atoms with Crippen LogP contribution in [0.5, 0.6) is 11.6 Å². The Morgan fingerprint density at radius 3 is 2.43 bits per heavy atom. The van der Waals surface area contributed by atoms with Gasteiger partial charge in [0, 0.05) is 6.20 Å². The van der Waals surface area contributed by atoms with Gasteiger partial charge in [-0.2, -0.15) is 0 Å². The summed E-state index contributed by atoms with van der Waals surface area (Å²) in [5.74, 6) is 0.105. The molecule has 14 heavy (non-hydrogen) atoms. The number of hydrogen-bond acceptors (Lipinski definition) is 3. The van der Waals surface area contributed by atoms with Gasteiger partial charge in [0.2, 0.25) is 5.75 Å². The lowest BCUT2D eigenvalue weighted by Crippen LogP contribution is -1.97. The van der Waals surface area contributed by atoms with Crippen molar-refractivity contribution in [1.29, 1.82) is 0 Å². The highest BCUT2D eigenvalue weighted by Crippen LogP contribution is 2.38. The topological polar surface area (TPSA) is 31.4 Å². The van der Waals surface area contributed by atoms with Crippen molar-refractivity contribution in [3.63, 3.8) is 0 Å². The molecule has 0 amide bonds. The molecule has 0 aliphatic carbocycles. The summed E-state index contributed by atoms with van der Waals surface area (Å²) < 4.78 is 34.3. The number of rotatable bonds is 3. The molecule has 6 heteroatoms. The average molecular weight is 224 g/mol. The molecule has 1 heterocycles. The second-order valence-electron chi connectivity index (χ2n) is 2.37. The number of methoxy groups -OCH3 is 2. The molecule has 3 nitrogen and oxygen atoms in total. The number of ether oxygens (including phenoxy) is 2. The van der Waals surface area contributed by atoms with Crippen LogP contribution in [0.4, 0.5) is 8.78 Å². The Balaban J connectivity index is 3.27. The molecule has 0 atom stereocenters. The zero-order valence-corrected chi connectivity index (χ0v) is 8.31. The highest BCUT2D eigenvalue weighted by Gasteiger charge is 2.20. The maximum atomic E-state index is 12.4. The highest BCUT2D eigenvalue weighted by molar-refractivity contribution is 6.33. The Hall–Kier alpha value is -1.10. The van der Waals surface area contributed by atoms with E-state index in [1.54, 1.807) is 0 Å². The Kier molecular flexibility index (Phi) is 3.46. The van der Waals surface area contributed by atoms with E-state index < -0.39 is 6.43 Å². The fourth-order valence-corrected chi connectivity index (χ4v) is 1.23. The van der Waals surface area contributed by atoms with E-state index in [9.17, 15) is 8.78 Å². The molecule has 0 fully saturated rings. The van der Waals surface area contributed by atoms with Gasteiger partial charge in [-0.3, -0.25) is 0 Å². The maximum Gasteiger partial charge on any atom is 0.266 e. The van der Waals surface area contributed by atoms with Gasteiger partial charge in [0.15, 0.2) is 0 Å². The smallest absolute Gasteiger partial charge is 0.266 e. The number of aromatic nitrogens is 1. The van der Waals surface area contributed by atoms with Crippen molar-refractivity contribution in [2.75, 3.05) is 14.2 Å². The van der Waals surface area contributed by atoms with E-state index in [1.807, 2.05) is 0 Å². The molecule has 0 saturated heterocycles. The van der Waals surface area contributed by atoms with Gasteiger partial charge in [-0.15, -0.1) is 0 Å². The predicted octanol–water partition coefficient (Wildman–Crippen LogP) is 2.69. The lowest BCUT2D eigenvalue weighted by molar-refractivity contribution is 0.150. The summed E-state index contributed by atoms with van der Waals surface area (Å²) in [5, 5.41) is -0.172. The average Bonchev–Trinajstić information content (AvgIpc) is 2.16. The molecule has 1 aromatic rings. The lowest BCUT2D eigenvalue weighted by atomic mass is 10.3. The highest BCUT2D eigenvalue weighted by atomic mass is 35.5. The summed E-state index contributed by atoms with van der Waals surface area (Å²) in [6.07, 6.45) is -1.72. The third-order valence-corrected chi connectivity index (χ3v) is 1.99. The largest absolute Gasteiger partial charge is 0.490 e. The molecule has 0 N–H and O–H groups in total. The Morgan fingerprint density at radius 1 is 1.36 bits per heavy atom. The summed E-state index contributed by atoms with van der Waals surface area (Å²) in [6, 6.07) is 0. The first-order valence-electron chi connectivity index (χ1n) is 3.66. The standard InChI is InChI=1S/C8H8ClF2NO2/c1-13-6-5(9)4(7(10)11)3-12-8(6)14-2/h3,7H,1-2H3. The van der Waals surface area contributed by atoms with Gasteiger partial charge in [0.1, 0.15) is 0 Å². The molecule has 1 rings (SSSR count). The predicted molar refractivity (Wildman–Crippen MR) is 47.3 cm³/mol. The summed E-state index contributed by atoms with van der Waals surface area (Å²) in [6.45, 7) is 0. The van der Waals surface area contributed by atoms with Crippen molar-refractivity contribution in [2.24, 2.45) is 0 Å². The summed E-state index contributed by atoms with van der Waals surface area (Å²) in [5.41, 5.74) is -0.371. The van der Waals surface area contributed by atoms with E-state index in [0.29, 0.717) is 0 Å². The van der Waals surface area contributed by atoms with Crippen molar-refractivity contribution in [3.05, 3.63) is 16.8 Å². The van der Waals surface area contributed by atoms with Crippen LogP contribution >= 0.6 is 11.6 Å². The van der Waals surface area contributed by atoms with Crippen molar-refractivity contribution in [3.8, 4) is 11.6 Å². The van der Waals surface area contributed by atoms with Crippen molar-refractivity contribution >= 4 is 11.6 Å².